The lowest BCUT2D eigenvalue weighted by Gasteiger charge is -2.20. The molecule has 0 aliphatic heterocycles. The molecule has 1 aromatic carbocycles. The first-order valence-electron chi connectivity index (χ1n) is 7.52. The van der Waals surface area contributed by atoms with Crippen LogP contribution >= 0.6 is 22.9 Å². The molecule has 24 heavy (non-hydrogen) atoms. The zero-order valence-electron chi connectivity index (χ0n) is 12.9. The second-order valence-electron chi connectivity index (χ2n) is 5.33. The van der Waals surface area contributed by atoms with Crippen molar-refractivity contribution < 1.29 is 9.21 Å². The number of amides is 1. The number of rotatable bonds is 7. The summed E-state index contributed by atoms with van der Waals surface area (Å²) in [4.78, 5) is 15.6. The van der Waals surface area contributed by atoms with Crippen molar-refractivity contribution in [2.75, 3.05) is 11.9 Å². The van der Waals surface area contributed by atoms with Crippen molar-refractivity contribution in [2.45, 2.75) is 13.1 Å². The molecule has 0 spiro atoms. The predicted octanol–water partition coefficient (Wildman–Crippen LogP) is 4.64. The molecule has 6 heteroatoms. The number of carbonyl (C=O) groups excluding carboxylic acids is 1. The number of benzene rings is 1. The van der Waals surface area contributed by atoms with E-state index in [9.17, 15) is 4.79 Å². The van der Waals surface area contributed by atoms with Crippen LogP contribution in [-0.2, 0) is 17.9 Å². The smallest absolute Gasteiger partial charge is 0.238 e. The number of anilines is 1. The molecule has 3 aromatic rings. The number of hydrogen-bond donors (Lipinski definition) is 1. The average Bonchev–Trinajstić information content (AvgIpc) is 3.23. The maximum atomic E-state index is 12.4. The number of para-hydroxylation sites is 1. The Kier molecular flexibility index (Phi) is 5.69. The highest BCUT2D eigenvalue weighted by atomic mass is 35.5. The van der Waals surface area contributed by atoms with E-state index >= 15 is 0 Å². The maximum Gasteiger partial charge on any atom is 0.238 e. The third-order valence-electron chi connectivity index (χ3n) is 3.43. The highest BCUT2D eigenvalue weighted by Gasteiger charge is 2.15. The molecule has 0 radical (unpaired) electrons. The minimum Gasteiger partial charge on any atom is -0.468 e. The molecule has 124 valence electrons. The number of halogens is 1. The largest absolute Gasteiger partial charge is 0.468 e. The van der Waals surface area contributed by atoms with Crippen LogP contribution in [0.25, 0.3) is 0 Å². The van der Waals surface area contributed by atoms with Gasteiger partial charge in [-0.3, -0.25) is 9.69 Å². The lowest BCUT2D eigenvalue weighted by Crippen LogP contribution is -2.32. The van der Waals surface area contributed by atoms with Gasteiger partial charge in [0, 0.05) is 11.4 Å². The Morgan fingerprint density at radius 2 is 2.00 bits per heavy atom. The Morgan fingerprint density at radius 3 is 2.71 bits per heavy atom. The van der Waals surface area contributed by atoms with E-state index < -0.39 is 0 Å². The van der Waals surface area contributed by atoms with E-state index in [0.29, 0.717) is 23.8 Å². The van der Waals surface area contributed by atoms with Crippen LogP contribution in [0.2, 0.25) is 5.02 Å². The molecule has 0 saturated heterocycles. The van der Waals surface area contributed by atoms with Crippen LogP contribution in [-0.4, -0.2) is 17.4 Å². The van der Waals surface area contributed by atoms with Gasteiger partial charge < -0.3 is 9.73 Å². The Morgan fingerprint density at radius 1 is 1.12 bits per heavy atom. The van der Waals surface area contributed by atoms with Crippen LogP contribution in [0.4, 0.5) is 5.69 Å². The van der Waals surface area contributed by atoms with Crippen LogP contribution in [0.5, 0.6) is 0 Å². The summed E-state index contributed by atoms with van der Waals surface area (Å²) < 4.78 is 5.41. The summed E-state index contributed by atoms with van der Waals surface area (Å²) in [7, 11) is 0. The lowest BCUT2D eigenvalue weighted by molar-refractivity contribution is -0.117. The summed E-state index contributed by atoms with van der Waals surface area (Å²) in [5.74, 6) is 0.725. The van der Waals surface area contributed by atoms with Gasteiger partial charge in [0.05, 0.1) is 30.1 Å². The van der Waals surface area contributed by atoms with Crippen molar-refractivity contribution in [3.63, 3.8) is 0 Å². The van der Waals surface area contributed by atoms with Crippen molar-refractivity contribution in [1.82, 2.24) is 4.90 Å². The molecule has 0 aliphatic rings. The van der Waals surface area contributed by atoms with Crippen LogP contribution < -0.4 is 5.32 Å². The first kappa shape index (κ1) is 16.8. The van der Waals surface area contributed by atoms with Gasteiger partial charge in [-0.25, -0.2) is 0 Å². The van der Waals surface area contributed by atoms with E-state index in [-0.39, 0.29) is 12.5 Å². The van der Waals surface area contributed by atoms with Gasteiger partial charge in [0.1, 0.15) is 5.76 Å². The van der Waals surface area contributed by atoms with Gasteiger partial charge in [0.15, 0.2) is 0 Å². The second-order valence-corrected chi connectivity index (χ2v) is 6.77. The third kappa shape index (κ3) is 4.71. The highest BCUT2D eigenvalue weighted by molar-refractivity contribution is 7.09. The van der Waals surface area contributed by atoms with Crippen LogP contribution in [0.1, 0.15) is 10.6 Å². The maximum absolute atomic E-state index is 12.4. The standard InChI is InChI=1S/C18H17ClN2O2S/c19-16-7-1-2-8-17(16)20-18(22)13-21(11-14-5-3-9-23-14)12-15-6-4-10-24-15/h1-10H,11-13H2,(H,20,22). The SMILES string of the molecule is O=C(CN(Cc1ccco1)Cc1cccs1)Nc1ccccc1Cl. The van der Waals surface area contributed by atoms with E-state index in [1.54, 1.807) is 29.7 Å². The van der Waals surface area contributed by atoms with Crippen LogP contribution in [0.3, 0.4) is 0 Å². The van der Waals surface area contributed by atoms with Crippen molar-refractivity contribution in [1.29, 1.82) is 0 Å². The Labute approximate surface area is 149 Å². The fraction of sp³-hybridized carbons (Fsp3) is 0.167. The fourth-order valence-corrected chi connectivity index (χ4v) is 3.30. The minimum absolute atomic E-state index is 0.105. The summed E-state index contributed by atoms with van der Waals surface area (Å²) in [6.45, 7) is 1.51. The normalized spacial score (nSPS) is 10.9. The van der Waals surface area contributed by atoms with Gasteiger partial charge in [-0.05, 0) is 35.7 Å². The number of furan rings is 1. The van der Waals surface area contributed by atoms with E-state index in [4.69, 9.17) is 16.0 Å². The Bertz CT molecular complexity index is 736. The molecule has 0 atom stereocenters. The van der Waals surface area contributed by atoms with Gasteiger partial charge >= 0.3 is 0 Å². The van der Waals surface area contributed by atoms with Crippen molar-refractivity contribution >= 4 is 34.5 Å². The summed E-state index contributed by atoms with van der Waals surface area (Å²) in [6, 6.07) is 15.0. The molecular weight excluding hydrogens is 344 g/mol. The summed E-state index contributed by atoms with van der Waals surface area (Å²) in [6.07, 6.45) is 1.64. The first-order chi connectivity index (χ1) is 11.7. The van der Waals surface area contributed by atoms with Crippen LogP contribution in [0, 0.1) is 0 Å². The minimum atomic E-state index is -0.105. The topological polar surface area (TPSA) is 45.5 Å². The molecule has 0 bridgehead atoms. The Balaban J connectivity index is 1.66. The number of nitrogens with zero attached hydrogens (tertiary/aromatic N) is 1. The monoisotopic (exact) mass is 360 g/mol. The fourth-order valence-electron chi connectivity index (χ4n) is 2.37. The van der Waals surface area contributed by atoms with Crippen molar-refractivity contribution in [3.05, 3.63) is 75.8 Å². The number of thiophene rings is 1. The molecule has 3 rings (SSSR count). The lowest BCUT2D eigenvalue weighted by atomic mass is 10.3. The quantitative estimate of drug-likeness (QED) is 0.667. The van der Waals surface area contributed by atoms with Gasteiger partial charge in [-0.15, -0.1) is 11.3 Å². The van der Waals surface area contributed by atoms with Crippen molar-refractivity contribution in [2.24, 2.45) is 0 Å². The zero-order valence-corrected chi connectivity index (χ0v) is 14.5. The second kappa shape index (κ2) is 8.15. The summed E-state index contributed by atoms with van der Waals surface area (Å²) >= 11 is 7.77. The van der Waals surface area contributed by atoms with E-state index in [1.165, 1.54) is 4.88 Å². The van der Waals surface area contributed by atoms with Gasteiger partial charge in [0.2, 0.25) is 5.91 Å². The molecule has 2 heterocycles. The number of hydrogen-bond acceptors (Lipinski definition) is 4. The van der Waals surface area contributed by atoms with Crippen LogP contribution in [0.15, 0.2) is 64.6 Å². The molecule has 1 amide bonds. The van der Waals surface area contributed by atoms with Gasteiger partial charge in [-0.1, -0.05) is 29.8 Å². The highest BCUT2D eigenvalue weighted by Crippen LogP contribution is 2.21. The first-order valence-corrected chi connectivity index (χ1v) is 8.78. The Hall–Kier alpha value is -2.08. The predicted molar refractivity (Wildman–Crippen MR) is 97.2 cm³/mol. The van der Waals surface area contributed by atoms with E-state index in [0.717, 1.165) is 5.76 Å². The van der Waals surface area contributed by atoms with E-state index in [2.05, 4.69) is 11.4 Å². The number of nitrogens with one attached hydrogen (secondary N) is 1. The molecule has 0 unspecified atom stereocenters. The molecule has 1 N–H and O–H groups in total. The van der Waals surface area contributed by atoms with Gasteiger partial charge in [-0.2, -0.15) is 0 Å². The molecule has 0 saturated carbocycles. The molecule has 4 nitrogen and oxygen atoms in total. The summed E-state index contributed by atoms with van der Waals surface area (Å²) in [5, 5.41) is 5.42. The van der Waals surface area contributed by atoms with Crippen molar-refractivity contribution in [3.8, 4) is 0 Å². The molecular formula is C18H17ClN2O2S. The van der Waals surface area contributed by atoms with Gasteiger partial charge in [0.25, 0.3) is 0 Å². The van der Waals surface area contributed by atoms with E-state index in [1.807, 2.05) is 40.6 Å². The molecule has 0 aliphatic carbocycles. The zero-order chi connectivity index (χ0) is 16.8. The molecule has 2 aromatic heterocycles. The summed E-state index contributed by atoms with van der Waals surface area (Å²) in [5.41, 5.74) is 0.623. The third-order valence-corrected chi connectivity index (χ3v) is 4.62. The molecule has 0 fully saturated rings. The average molecular weight is 361 g/mol. The number of carbonyl (C=O) groups is 1.